The molecule has 0 aliphatic carbocycles. The van der Waals surface area contributed by atoms with E-state index in [9.17, 15) is 8.78 Å². The number of benzene rings is 1. The van der Waals surface area contributed by atoms with Crippen molar-refractivity contribution >= 4 is 17.4 Å². The fourth-order valence-electron chi connectivity index (χ4n) is 0.869. The maximum atomic E-state index is 12.3. The van der Waals surface area contributed by atoms with Crippen LogP contribution in [0.1, 0.15) is 12.0 Å². The summed E-state index contributed by atoms with van der Waals surface area (Å²) in [5.41, 5.74) is 5.43. The van der Waals surface area contributed by atoms with Crippen LogP contribution in [0.4, 0.5) is 14.5 Å². The largest absolute Gasteiger partial charge is 0.398 e. The lowest BCUT2D eigenvalue weighted by Crippen LogP contribution is -1.94. The number of rotatable bonds is 2. The van der Waals surface area contributed by atoms with Crippen molar-refractivity contribution in [2.45, 2.75) is 11.3 Å². The molecule has 0 unspecified atom stereocenters. The zero-order chi connectivity index (χ0) is 9.14. The van der Waals surface area contributed by atoms with E-state index in [1.54, 1.807) is 6.07 Å². The van der Waals surface area contributed by atoms with Crippen LogP contribution in [0.25, 0.3) is 0 Å². The van der Waals surface area contributed by atoms with Crippen LogP contribution in [0.15, 0.2) is 23.1 Å². The van der Waals surface area contributed by atoms with Crippen molar-refractivity contribution < 1.29 is 8.78 Å². The van der Waals surface area contributed by atoms with Crippen molar-refractivity contribution in [2.75, 3.05) is 12.0 Å². The number of thioether (sulfide) groups is 1. The highest BCUT2D eigenvalue weighted by molar-refractivity contribution is 7.98. The maximum Gasteiger partial charge on any atom is 0.265 e. The van der Waals surface area contributed by atoms with Gasteiger partial charge in [0.15, 0.2) is 0 Å². The fourth-order valence-corrected chi connectivity index (χ4v) is 1.32. The molecule has 0 aliphatic rings. The Hall–Kier alpha value is -0.770. The Balaban J connectivity index is 3.08. The Bertz CT molecular complexity index is 276. The Morgan fingerprint density at radius 2 is 2.08 bits per heavy atom. The highest BCUT2D eigenvalue weighted by Crippen LogP contribution is 2.28. The zero-order valence-corrected chi connectivity index (χ0v) is 7.37. The molecule has 0 atom stereocenters. The first-order valence-electron chi connectivity index (χ1n) is 3.36. The van der Waals surface area contributed by atoms with Gasteiger partial charge in [0.05, 0.1) is 0 Å². The lowest BCUT2D eigenvalue weighted by Gasteiger charge is -2.05. The minimum atomic E-state index is -2.49. The van der Waals surface area contributed by atoms with Gasteiger partial charge in [0.2, 0.25) is 0 Å². The molecule has 0 aliphatic heterocycles. The number of nitrogen functional groups attached to an aromatic ring is 1. The van der Waals surface area contributed by atoms with Gasteiger partial charge >= 0.3 is 0 Å². The minimum Gasteiger partial charge on any atom is -0.398 e. The Labute approximate surface area is 74.0 Å². The summed E-state index contributed by atoms with van der Waals surface area (Å²) in [6.45, 7) is 0. The molecular formula is C8H9F2NS. The van der Waals surface area contributed by atoms with Crippen LogP contribution in [0, 0.1) is 0 Å². The predicted octanol–water partition coefficient (Wildman–Crippen LogP) is 2.93. The Morgan fingerprint density at radius 3 is 2.58 bits per heavy atom. The molecule has 1 nitrogen and oxygen atoms in total. The lowest BCUT2D eigenvalue weighted by molar-refractivity contribution is 0.152. The molecule has 66 valence electrons. The Morgan fingerprint density at radius 1 is 1.42 bits per heavy atom. The molecule has 12 heavy (non-hydrogen) atoms. The molecule has 0 spiro atoms. The fraction of sp³-hybridized carbons (Fsp3) is 0.250. The van der Waals surface area contributed by atoms with E-state index in [0.717, 1.165) is 4.90 Å². The lowest BCUT2D eigenvalue weighted by atomic mass is 10.2. The molecule has 1 rings (SSSR count). The quantitative estimate of drug-likeness (QED) is 0.571. The number of hydrogen-bond donors (Lipinski definition) is 1. The molecule has 0 heterocycles. The van der Waals surface area contributed by atoms with Gasteiger partial charge in [0, 0.05) is 16.1 Å². The van der Waals surface area contributed by atoms with Crippen LogP contribution in [0.5, 0.6) is 0 Å². The average Bonchev–Trinajstić information content (AvgIpc) is 2.05. The molecule has 0 bridgehead atoms. The van der Waals surface area contributed by atoms with Gasteiger partial charge in [0.25, 0.3) is 6.43 Å². The summed E-state index contributed by atoms with van der Waals surface area (Å²) in [4.78, 5) is 0.805. The molecule has 0 saturated carbocycles. The first-order chi connectivity index (χ1) is 5.65. The number of hydrogen-bond acceptors (Lipinski definition) is 2. The van der Waals surface area contributed by atoms with Crippen LogP contribution < -0.4 is 5.73 Å². The van der Waals surface area contributed by atoms with Crippen LogP contribution in [-0.4, -0.2) is 6.26 Å². The van der Waals surface area contributed by atoms with Gasteiger partial charge in [-0.1, -0.05) is 0 Å². The smallest absolute Gasteiger partial charge is 0.265 e. The molecule has 0 fully saturated rings. The second-order valence-electron chi connectivity index (χ2n) is 2.30. The minimum absolute atomic E-state index is 0.0816. The predicted molar refractivity (Wildman–Crippen MR) is 47.6 cm³/mol. The van der Waals surface area contributed by atoms with Crippen LogP contribution >= 0.6 is 11.8 Å². The standard InChI is InChI=1S/C8H9F2NS/c1-12-5-2-3-7(11)6(4-5)8(9)10/h2-4,8H,11H2,1H3. The molecule has 0 aromatic heterocycles. The van der Waals surface area contributed by atoms with Crippen molar-refractivity contribution in [1.29, 1.82) is 0 Å². The van der Waals surface area contributed by atoms with E-state index in [1.165, 1.54) is 23.9 Å². The summed E-state index contributed by atoms with van der Waals surface area (Å²) in [6, 6.07) is 4.66. The molecular weight excluding hydrogens is 180 g/mol. The number of anilines is 1. The molecule has 1 aromatic carbocycles. The molecule has 0 amide bonds. The molecule has 2 N–H and O–H groups in total. The highest BCUT2D eigenvalue weighted by Gasteiger charge is 2.10. The van der Waals surface area contributed by atoms with Crippen molar-refractivity contribution in [3.8, 4) is 0 Å². The third-order valence-corrected chi connectivity index (χ3v) is 2.25. The summed E-state index contributed by atoms with van der Waals surface area (Å²) in [5, 5.41) is 0. The summed E-state index contributed by atoms with van der Waals surface area (Å²) in [5.74, 6) is 0. The zero-order valence-electron chi connectivity index (χ0n) is 6.55. The molecule has 4 heteroatoms. The summed E-state index contributed by atoms with van der Waals surface area (Å²) in [6.07, 6.45) is -0.655. The molecule has 1 aromatic rings. The molecule has 0 saturated heterocycles. The van der Waals surface area contributed by atoms with Crippen LogP contribution in [-0.2, 0) is 0 Å². The normalized spacial score (nSPS) is 10.7. The van der Waals surface area contributed by atoms with Gasteiger partial charge in [0.1, 0.15) is 0 Å². The highest BCUT2D eigenvalue weighted by atomic mass is 32.2. The van der Waals surface area contributed by atoms with Crippen molar-refractivity contribution in [2.24, 2.45) is 0 Å². The summed E-state index contributed by atoms with van der Waals surface area (Å²) in [7, 11) is 0. The first-order valence-corrected chi connectivity index (χ1v) is 4.59. The number of halogens is 2. The van der Waals surface area contributed by atoms with Gasteiger partial charge in [-0.05, 0) is 24.5 Å². The number of nitrogens with two attached hydrogens (primary N) is 1. The SMILES string of the molecule is CSc1ccc(N)c(C(F)F)c1. The first kappa shape index (κ1) is 9.32. The summed E-state index contributed by atoms with van der Waals surface area (Å²) >= 11 is 1.42. The van der Waals surface area contributed by atoms with E-state index in [4.69, 9.17) is 5.73 Å². The van der Waals surface area contributed by atoms with E-state index in [-0.39, 0.29) is 11.3 Å². The van der Waals surface area contributed by atoms with E-state index >= 15 is 0 Å². The summed E-state index contributed by atoms with van der Waals surface area (Å²) < 4.78 is 24.5. The van der Waals surface area contributed by atoms with Crippen molar-refractivity contribution in [1.82, 2.24) is 0 Å². The van der Waals surface area contributed by atoms with E-state index in [1.807, 2.05) is 6.26 Å². The van der Waals surface area contributed by atoms with Crippen LogP contribution in [0.3, 0.4) is 0 Å². The number of alkyl halides is 2. The van der Waals surface area contributed by atoms with Gasteiger partial charge in [-0.25, -0.2) is 8.78 Å². The van der Waals surface area contributed by atoms with Crippen molar-refractivity contribution in [3.05, 3.63) is 23.8 Å². The third kappa shape index (κ3) is 1.88. The van der Waals surface area contributed by atoms with E-state index in [2.05, 4.69) is 0 Å². The monoisotopic (exact) mass is 189 g/mol. The van der Waals surface area contributed by atoms with Crippen LogP contribution in [0.2, 0.25) is 0 Å². The molecule has 0 radical (unpaired) electrons. The van der Waals surface area contributed by atoms with Gasteiger partial charge in [-0.3, -0.25) is 0 Å². The van der Waals surface area contributed by atoms with Gasteiger partial charge < -0.3 is 5.73 Å². The Kier molecular flexibility index (Phi) is 2.92. The topological polar surface area (TPSA) is 26.0 Å². The van der Waals surface area contributed by atoms with Crippen molar-refractivity contribution in [3.63, 3.8) is 0 Å². The van der Waals surface area contributed by atoms with E-state index in [0.29, 0.717) is 0 Å². The van der Waals surface area contributed by atoms with E-state index < -0.39 is 6.43 Å². The van der Waals surface area contributed by atoms with Gasteiger partial charge in [-0.15, -0.1) is 11.8 Å². The maximum absolute atomic E-state index is 12.3. The average molecular weight is 189 g/mol. The second kappa shape index (κ2) is 3.76. The van der Waals surface area contributed by atoms with Gasteiger partial charge in [-0.2, -0.15) is 0 Å². The third-order valence-electron chi connectivity index (χ3n) is 1.53. The second-order valence-corrected chi connectivity index (χ2v) is 3.18.